The predicted molar refractivity (Wildman–Crippen MR) is 74.3 cm³/mol. The Morgan fingerprint density at radius 2 is 2.32 bits per heavy atom. The van der Waals surface area contributed by atoms with Crippen molar-refractivity contribution in [1.82, 2.24) is 4.90 Å². The van der Waals surface area contributed by atoms with Gasteiger partial charge in [0.1, 0.15) is 11.9 Å². The van der Waals surface area contributed by atoms with Crippen LogP contribution in [0, 0.1) is 11.7 Å². The van der Waals surface area contributed by atoms with Gasteiger partial charge < -0.3 is 5.11 Å². The highest BCUT2D eigenvalue weighted by Crippen LogP contribution is 2.27. The van der Waals surface area contributed by atoms with Crippen LogP contribution in [-0.4, -0.2) is 28.6 Å². The van der Waals surface area contributed by atoms with E-state index in [1.54, 1.807) is 6.07 Å². The van der Waals surface area contributed by atoms with E-state index >= 15 is 0 Å². The standard InChI is InChI=1S/C14H17BrFNO2/c1-9-3-2-6-17(13(9)14(18)19)8-10-7-11(16)4-5-12(10)15/h4-5,7,9,13H,2-3,6,8H2,1H3,(H,18,19). The van der Waals surface area contributed by atoms with E-state index in [4.69, 9.17) is 0 Å². The summed E-state index contributed by atoms with van der Waals surface area (Å²) in [6, 6.07) is 4.03. The van der Waals surface area contributed by atoms with Crippen molar-refractivity contribution < 1.29 is 14.3 Å². The monoisotopic (exact) mass is 329 g/mol. The van der Waals surface area contributed by atoms with E-state index in [1.165, 1.54) is 12.1 Å². The zero-order chi connectivity index (χ0) is 14.0. The second-order valence-corrected chi connectivity index (χ2v) is 5.96. The van der Waals surface area contributed by atoms with Crippen LogP contribution in [0.15, 0.2) is 22.7 Å². The number of aliphatic carboxylic acids is 1. The molecule has 0 radical (unpaired) electrons. The molecule has 1 aromatic rings. The lowest BCUT2D eigenvalue weighted by Gasteiger charge is -2.37. The molecular formula is C14H17BrFNO2. The van der Waals surface area contributed by atoms with E-state index in [1.807, 2.05) is 11.8 Å². The van der Waals surface area contributed by atoms with E-state index in [2.05, 4.69) is 15.9 Å². The lowest BCUT2D eigenvalue weighted by molar-refractivity contribution is -0.147. The van der Waals surface area contributed by atoms with Crippen LogP contribution in [0.5, 0.6) is 0 Å². The Bertz CT molecular complexity index is 481. The van der Waals surface area contributed by atoms with Gasteiger partial charge in [-0.2, -0.15) is 0 Å². The van der Waals surface area contributed by atoms with Crippen LogP contribution in [0.4, 0.5) is 4.39 Å². The van der Waals surface area contributed by atoms with Gasteiger partial charge in [-0.1, -0.05) is 22.9 Å². The molecule has 1 heterocycles. The molecule has 0 bridgehead atoms. The molecule has 1 aliphatic rings. The van der Waals surface area contributed by atoms with Gasteiger partial charge in [-0.15, -0.1) is 0 Å². The first-order valence-corrected chi connectivity index (χ1v) is 7.19. The van der Waals surface area contributed by atoms with Crippen molar-refractivity contribution in [2.24, 2.45) is 5.92 Å². The third-order valence-electron chi connectivity index (χ3n) is 3.67. The SMILES string of the molecule is CC1CCCN(Cc2cc(F)ccc2Br)C1C(=O)O. The minimum Gasteiger partial charge on any atom is -0.480 e. The lowest BCUT2D eigenvalue weighted by atomic mass is 9.90. The summed E-state index contributed by atoms with van der Waals surface area (Å²) in [5, 5.41) is 9.35. The highest BCUT2D eigenvalue weighted by Gasteiger charge is 2.34. The Morgan fingerprint density at radius 3 is 3.00 bits per heavy atom. The minimum absolute atomic E-state index is 0.124. The first-order valence-electron chi connectivity index (χ1n) is 6.40. The van der Waals surface area contributed by atoms with Gasteiger partial charge in [0.05, 0.1) is 0 Å². The van der Waals surface area contributed by atoms with Crippen LogP contribution in [-0.2, 0) is 11.3 Å². The van der Waals surface area contributed by atoms with E-state index in [0.717, 1.165) is 29.4 Å². The van der Waals surface area contributed by atoms with Gasteiger partial charge in [-0.3, -0.25) is 9.69 Å². The fourth-order valence-electron chi connectivity index (χ4n) is 2.73. The fraction of sp³-hybridized carbons (Fsp3) is 0.500. The number of rotatable bonds is 3. The number of carbonyl (C=O) groups is 1. The van der Waals surface area contributed by atoms with Crippen molar-refractivity contribution in [3.8, 4) is 0 Å². The van der Waals surface area contributed by atoms with Gasteiger partial charge in [0, 0.05) is 11.0 Å². The molecule has 0 amide bonds. The molecule has 2 rings (SSSR count). The molecule has 0 aromatic heterocycles. The summed E-state index contributed by atoms with van der Waals surface area (Å²) >= 11 is 3.39. The zero-order valence-corrected chi connectivity index (χ0v) is 12.4. The third-order valence-corrected chi connectivity index (χ3v) is 4.45. The summed E-state index contributed by atoms with van der Waals surface area (Å²) in [6.07, 6.45) is 1.91. The number of halogens is 2. The molecule has 104 valence electrons. The van der Waals surface area contributed by atoms with Crippen LogP contribution in [0.3, 0.4) is 0 Å². The number of nitrogens with zero attached hydrogens (tertiary/aromatic N) is 1. The maximum absolute atomic E-state index is 13.3. The Kier molecular flexibility index (Phi) is 4.58. The molecule has 0 saturated carbocycles. The average molecular weight is 330 g/mol. The number of hydrogen-bond donors (Lipinski definition) is 1. The van der Waals surface area contributed by atoms with Crippen molar-refractivity contribution >= 4 is 21.9 Å². The summed E-state index contributed by atoms with van der Waals surface area (Å²) in [5.74, 6) is -0.964. The number of carboxylic acids is 1. The van der Waals surface area contributed by atoms with Gasteiger partial charge in [0.25, 0.3) is 0 Å². The molecule has 5 heteroatoms. The molecule has 0 spiro atoms. The summed E-state index contributed by atoms with van der Waals surface area (Å²) in [6.45, 7) is 3.16. The number of hydrogen-bond acceptors (Lipinski definition) is 2. The highest BCUT2D eigenvalue weighted by molar-refractivity contribution is 9.10. The number of piperidine rings is 1. The second-order valence-electron chi connectivity index (χ2n) is 5.11. The first-order chi connectivity index (χ1) is 8.99. The summed E-state index contributed by atoms with van der Waals surface area (Å²) in [5.41, 5.74) is 0.792. The van der Waals surface area contributed by atoms with Crippen LogP contribution < -0.4 is 0 Å². The van der Waals surface area contributed by atoms with Crippen molar-refractivity contribution in [2.45, 2.75) is 32.4 Å². The summed E-state index contributed by atoms with van der Waals surface area (Å²) in [4.78, 5) is 13.3. The van der Waals surface area contributed by atoms with E-state index in [-0.39, 0.29) is 11.7 Å². The molecular weight excluding hydrogens is 313 g/mol. The van der Waals surface area contributed by atoms with Gasteiger partial charge in [-0.25, -0.2) is 4.39 Å². The van der Waals surface area contributed by atoms with Crippen molar-refractivity contribution in [1.29, 1.82) is 0 Å². The van der Waals surface area contributed by atoms with Crippen molar-refractivity contribution in [2.75, 3.05) is 6.54 Å². The molecule has 1 saturated heterocycles. The molecule has 19 heavy (non-hydrogen) atoms. The van der Waals surface area contributed by atoms with Crippen LogP contribution in [0.2, 0.25) is 0 Å². The molecule has 1 fully saturated rings. The maximum atomic E-state index is 13.3. The predicted octanol–water partition coefficient (Wildman–Crippen LogP) is 3.27. The van der Waals surface area contributed by atoms with Gasteiger partial charge in [-0.05, 0) is 49.1 Å². The van der Waals surface area contributed by atoms with Crippen LogP contribution in [0.25, 0.3) is 0 Å². The van der Waals surface area contributed by atoms with E-state index < -0.39 is 12.0 Å². The molecule has 1 aromatic carbocycles. The number of benzene rings is 1. The third kappa shape index (κ3) is 3.34. The van der Waals surface area contributed by atoms with E-state index in [9.17, 15) is 14.3 Å². The Morgan fingerprint density at radius 1 is 1.58 bits per heavy atom. The first kappa shape index (κ1) is 14.5. The number of likely N-dealkylation sites (tertiary alicyclic amines) is 1. The summed E-state index contributed by atoms with van der Waals surface area (Å²) in [7, 11) is 0. The molecule has 3 nitrogen and oxygen atoms in total. The smallest absolute Gasteiger partial charge is 0.321 e. The van der Waals surface area contributed by atoms with Crippen molar-refractivity contribution in [3.63, 3.8) is 0 Å². The Hall–Kier alpha value is -0.940. The topological polar surface area (TPSA) is 40.5 Å². The van der Waals surface area contributed by atoms with Gasteiger partial charge >= 0.3 is 5.97 Å². The normalized spacial score (nSPS) is 24.4. The number of carboxylic acid groups (broad SMARTS) is 1. The molecule has 0 aliphatic carbocycles. The van der Waals surface area contributed by atoms with Crippen LogP contribution in [0.1, 0.15) is 25.3 Å². The largest absolute Gasteiger partial charge is 0.480 e. The van der Waals surface area contributed by atoms with Gasteiger partial charge in [0.2, 0.25) is 0 Å². The molecule has 1 N–H and O–H groups in total. The second kappa shape index (κ2) is 6.01. The Balaban J connectivity index is 2.20. The highest BCUT2D eigenvalue weighted by atomic mass is 79.9. The van der Waals surface area contributed by atoms with Crippen LogP contribution >= 0.6 is 15.9 Å². The van der Waals surface area contributed by atoms with E-state index in [0.29, 0.717) is 6.54 Å². The Labute approximate surface area is 120 Å². The quantitative estimate of drug-likeness (QED) is 0.925. The average Bonchev–Trinajstić information content (AvgIpc) is 2.33. The summed E-state index contributed by atoms with van der Waals surface area (Å²) < 4.78 is 14.1. The lowest BCUT2D eigenvalue weighted by Crippen LogP contribution is -2.48. The maximum Gasteiger partial charge on any atom is 0.321 e. The van der Waals surface area contributed by atoms with Gasteiger partial charge in [0.15, 0.2) is 0 Å². The van der Waals surface area contributed by atoms with Crippen molar-refractivity contribution in [3.05, 3.63) is 34.1 Å². The molecule has 2 unspecified atom stereocenters. The fourth-order valence-corrected chi connectivity index (χ4v) is 3.11. The molecule has 2 atom stereocenters. The molecule has 1 aliphatic heterocycles. The minimum atomic E-state index is -0.792. The zero-order valence-electron chi connectivity index (χ0n) is 10.8.